The molecule has 0 bridgehead atoms. The molecule has 0 radical (unpaired) electrons. The van der Waals surface area contributed by atoms with Crippen molar-refractivity contribution in [1.82, 2.24) is 10.3 Å². The second kappa shape index (κ2) is 9.09. The molecule has 0 saturated carbocycles. The molecule has 0 aliphatic rings. The van der Waals surface area contributed by atoms with Gasteiger partial charge in [-0.15, -0.1) is 11.3 Å². The average molecular weight is 399 g/mol. The fourth-order valence-corrected chi connectivity index (χ4v) is 3.28. The molecular weight excluding hydrogens is 381 g/mol. The van der Waals surface area contributed by atoms with Gasteiger partial charge < -0.3 is 15.4 Å². The van der Waals surface area contributed by atoms with Gasteiger partial charge in [-0.25, -0.2) is 9.37 Å². The van der Waals surface area contributed by atoms with Crippen molar-refractivity contribution in [2.24, 2.45) is 0 Å². The van der Waals surface area contributed by atoms with Gasteiger partial charge in [0, 0.05) is 35.7 Å². The van der Waals surface area contributed by atoms with Crippen molar-refractivity contribution in [2.45, 2.75) is 6.42 Å². The lowest BCUT2D eigenvalue weighted by Gasteiger charge is -2.07. The number of carbonyl (C=O) groups excluding carboxylic acids is 2. The summed E-state index contributed by atoms with van der Waals surface area (Å²) in [6.45, 7) is 0.275. The van der Waals surface area contributed by atoms with Crippen LogP contribution in [0.5, 0.6) is 5.75 Å². The first-order valence-electron chi connectivity index (χ1n) is 8.49. The molecule has 2 N–H and O–H groups in total. The van der Waals surface area contributed by atoms with Crippen LogP contribution in [-0.4, -0.2) is 30.5 Å². The van der Waals surface area contributed by atoms with Crippen LogP contribution in [0.4, 0.5) is 10.1 Å². The van der Waals surface area contributed by atoms with Gasteiger partial charge in [-0.2, -0.15) is 0 Å². The molecule has 8 heteroatoms. The third-order valence-corrected chi connectivity index (χ3v) is 4.78. The maximum atomic E-state index is 13.0. The van der Waals surface area contributed by atoms with Crippen molar-refractivity contribution in [3.63, 3.8) is 0 Å². The molecule has 144 valence electrons. The van der Waals surface area contributed by atoms with Crippen LogP contribution in [0.15, 0.2) is 53.9 Å². The maximum Gasteiger partial charge on any atom is 0.313 e. The molecule has 0 fully saturated rings. The average Bonchev–Trinajstić information content (AvgIpc) is 3.17. The second-order valence-electron chi connectivity index (χ2n) is 5.84. The van der Waals surface area contributed by atoms with Crippen molar-refractivity contribution in [3.8, 4) is 16.3 Å². The lowest BCUT2D eigenvalue weighted by molar-refractivity contribution is -0.136. The predicted molar refractivity (Wildman–Crippen MR) is 106 cm³/mol. The third-order valence-electron chi connectivity index (χ3n) is 3.84. The van der Waals surface area contributed by atoms with E-state index in [2.05, 4.69) is 15.6 Å². The fourth-order valence-electron chi connectivity index (χ4n) is 2.42. The number of rotatable bonds is 6. The molecule has 0 spiro atoms. The molecule has 3 aromatic rings. The van der Waals surface area contributed by atoms with Crippen LogP contribution in [-0.2, 0) is 16.0 Å². The largest absolute Gasteiger partial charge is 0.497 e. The van der Waals surface area contributed by atoms with Crippen LogP contribution in [0.3, 0.4) is 0 Å². The zero-order valence-electron chi connectivity index (χ0n) is 15.1. The van der Waals surface area contributed by atoms with Gasteiger partial charge in [0.1, 0.15) is 16.6 Å². The Kier molecular flexibility index (Phi) is 6.33. The summed E-state index contributed by atoms with van der Waals surface area (Å²) in [6.07, 6.45) is 0.482. The van der Waals surface area contributed by atoms with E-state index in [4.69, 9.17) is 4.74 Å². The van der Waals surface area contributed by atoms with E-state index in [1.165, 1.54) is 30.6 Å². The van der Waals surface area contributed by atoms with Crippen LogP contribution < -0.4 is 15.4 Å². The highest BCUT2D eigenvalue weighted by Crippen LogP contribution is 2.24. The van der Waals surface area contributed by atoms with E-state index in [1.807, 2.05) is 5.38 Å². The molecule has 0 saturated heterocycles. The van der Waals surface area contributed by atoms with Crippen molar-refractivity contribution in [1.29, 1.82) is 0 Å². The number of hydrogen-bond acceptors (Lipinski definition) is 5. The van der Waals surface area contributed by atoms with Crippen LogP contribution in [0, 0.1) is 5.82 Å². The van der Waals surface area contributed by atoms with Crippen molar-refractivity contribution >= 4 is 28.8 Å². The summed E-state index contributed by atoms with van der Waals surface area (Å²) in [6, 6.07) is 12.9. The number of thiazole rings is 1. The summed E-state index contributed by atoms with van der Waals surface area (Å²) in [5, 5.41) is 7.74. The van der Waals surface area contributed by atoms with Gasteiger partial charge >= 0.3 is 11.8 Å². The Bertz CT molecular complexity index is 973. The molecule has 0 atom stereocenters. The number of halogens is 1. The number of carbonyl (C=O) groups is 2. The zero-order chi connectivity index (χ0) is 19.9. The molecule has 2 amide bonds. The van der Waals surface area contributed by atoms with E-state index >= 15 is 0 Å². The van der Waals surface area contributed by atoms with E-state index in [9.17, 15) is 14.0 Å². The van der Waals surface area contributed by atoms with Gasteiger partial charge in [0.05, 0.1) is 12.8 Å². The Morgan fingerprint density at radius 1 is 1.14 bits per heavy atom. The van der Waals surface area contributed by atoms with Crippen molar-refractivity contribution in [3.05, 3.63) is 65.4 Å². The summed E-state index contributed by atoms with van der Waals surface area (Å²) in [5.41, 5.74) is 2.10. The smallest absolute Gasteiger partial charge is 0.313 e. The summed E-state index contributed by atoms with van der Waals surface area (Å²) in [7, 11) is 1.52. The van der Waals surface area contributed by atoms with Gasteiger partial charge in [-0.05, 0) is 36.4 Å². The highest BCUT2D eigenvalue weighted by molar-refractivity contribution is 7.13. The molecule has 0 unspecified atom stereocenters. The summed E-state index contributed by atoms with van der Waals surface area (Å²) in [4.78, 5) is 28.4. The van der Waals surface area contributed by atoms with Crippen molar-refractivity contribution in [2.75, 3.05) is 19.0 Å². The van der Waals surface area contributed by atoms with E-state index in [-0.39, 0.29) is 12.4 Å². The molecule has 2 aromatic carbocycles. The van der Waals surface area contributed by atoms with Crippen LogP contribution in [0.1, 0.15) is 5.69 Å². The minimum absolute atomic E-state index is 0.275. The van der Waals surface area contributed by atoms with Gasteiger partial charge in [0.15, 0.2) is 0 Å². The molecule has 6 nitrogen and oxygen atoms in total. The van der Waals surface area contributed by atoms with Crippen molar-refractivity contribution < 1.29 is 18.7 Å². The summed E-state index contributed by atoms with van der Waals surface area (Å²) in [5.74, 6) is -1.19. The molecule has 1 heterocycles. The predicted octanol–water partition coefficient (Wildman–Crippen LogP) is 3.26. The normalized spacial score (nSPS) is 10.4. The number of aromatic nitrogens is 1. The highest BCUT2D eigenvalue weighted by Gasteiger charge is 2.14. The lowest BCUT2D eigenvalue weighted by Crippen LogP contribution is -2.36. The zero-order valence-corrected chi connectivity index (χ0v) is 15.9. The highest BCUT2D eigenvalue weighted by atomic mass is 32.1. The number of anilines is 1. The van der Waals surface area contributed by atoms with Crippen LogP contribution in [0.25, 0.3) is 10.6 Å². The van der Waals surface area contributed by atoms with Gasteiger partial charge in [0.25, 0.3) is 0 Å². The number of nitrogens with zero attached hydrogens (tertiary/aromatic N) is 1. The molecule has 3 rings (SSSR count). The topological polar surface area (TPSA) is 80.3 Å². The number of nitrogens with one attached hydrogen (secondary N) is 2. The minimum Gasteiger partial charge on any atom is -0.497 e. The van der Waals surface area contributed by atoms with Gasteiger partial charge in [-0.1, -0.05) is 6.07 Å². The first-order chi connectivity index (χ1) is 13.5. The minimum atomic E-state index is -0.751. The Labute approximate surface area is 165 Å². The fraction of sp³-hybridized carbons (Fsp3) is 0.150. The Hall–Kier alpha value is -3.26. The summed E-state index contributed by atoms with van der Waals surface area (Å²) >= 11 is 1.44. The molecule has 0 aliphatic heterocycles. The monoisotopic (exact) mass is 399 g/mol. The van der Waals surface area contributed by atoms with Gasteiger partial charge in [0.2, 0.25) is 0 Å². The number of methoxy groups -OCH3 is 1. The number of amides is 2. The first kappa shape index (κ1) is 19.5. The SMILES string of the molecule is COc1cccc(NC(=O)C(=O)NCCc2csc(-c3ccc(F)cc3)n2)c1. The Morgan fingerprint density at radius 3 is 2.68 bits per heavy atom. The molecule has 28 heavy (non-hydrogen) atoms. The van der Waals surface area contributed by atoms with E-state index in [1.54, 1.807) is 36.4 Å². The lowest BCUT2D eigenvalue weighted by atomic mass is 10.2. The molecular formula is C20H18FN3O3S. The van der Waals surface area contributed by atoms with Crippen LogP contribution in [0.2, 0.25) is 0 Å². The molecule has 1 aromatic heterocycles. The maximum absolute atomic E-state index is 13.0. The summed E-state index contributed by atoms with van der Waals surface area (Å²) < 4.78 is 18.1. The third kappa shape index (κ3) is 5.14. The van der Waals surface area contributed by atoms with E-state index < -0.39 is 11.8 Å². The quantitative estimate of drug-likeness (QED) is 0.624. The number of hydrogen-bond donors (Lipinski definition) is 2. The van der Waals surface area contributed by atoms with E-state index in [0.29, 0.717) is 17.9 Å². The standard InChI is InChI=1S/C20H18FN3O3S/c1-27-17-4-2-3-15(11-17)23-19(26)18(25)22-10-9-16-12-28-20(24-16)13-5-7-14(21)8-6-13/h2-8,11-12H,9-10H2,1H3,(H,22,25)(H,23,26). The second-order valence-corrected chi connectivity index (χ2v) is 6.70. The Balaban J connectivity index is 1.48. The van der Waals surface area contributed by atoms with E-state index in [0.717, 1.165) is 16.3 Å². The molecule has 0 aliphatic carbocycles. The number of benzene rings is 2. The van der Waals surface area contributed by atoms with Gasteiger partial charge in [-0.3, -0.25) is 9.59 Å². The van der Waals surface area contributed by atoms with Crippen LogP contribution >= 0.6 is 11.3 Å². The number of ether oxygens (including phenoxy) is 1. The Morgan fingerprint density at radius 2 is 1.93 bits per heavy atom. The first-order valence-corrected chi connectivity index (χ1v) is 9.36.